The van der Waals surface area contributed by atoms with Crippen LogP contribution in [0.5, 0.6) is 0 Å². The predicted molar refractivity (Wildman–Crippen MR) is 54.7 cm³/mol. The lowest BCUT2D eigenvalue weighted by Gasteiger charge is -2.09. The topological polar surface area (TPSA) is 55.6 Å². The largest absolute Gasteiger partial charge is 0.310 e. The smallest absolute Gasteiger partial charge is 0.165 e. The molecule has 0 bridgehead atoms. The van der Waals surface area contributed by atoms with Crippen molar-refractivity contribution in [3.05, 3.63) is 5.82 Å². The number of tetrazole rings is 1. The fourth-order valence-electron chi connectivity index (χ4n) is 1.15. The number of nitrogens with zero attached hydrogens (tertiary/aromatic N) is 4. The second-order valence-corrected chi connectivity index (χ2v) is 3.57. The highest BCUT2D eigenvalue weighted by atomic mass is 15.5. The van der Waals surface area contributed by atoms with Gasteiger partial charge in [0.05, 0.1) is 6.54 Å². The van der Waals surface area contributed by atoms with E-state index < -0.39 is 0 Å². The molecule has 1 unspecified atom stereocenters. The normalized spacial score (nSPS) is 13.1. The molecule has 14 heavy (non-hydrogen) atoms. The molecule has 1 heterocycles. The maximum absolute atomic E-state index is 3.98. The van der Waals surface area contributed by atoms with Gasteiger partial charge in [0.15, 0.2) is 5.82 Å². The first kappa shape index (κ1) is 11.1. The van der Waals surface area contributed by atoms with Gasteiger partial charge in [0.25, 0.3) is 0 Å². The molecule has 0 saturated carbocycles. The van der Waals surface area contributed by atoms with Crippen molar-refractivity contribution in [1.82, 2.24) is 25.5 Å². The van der Waals surface area contributed by atoms with Gasteiger partial charge in [-0.15, -0.1) is 5.10 Å². The van der Waals surface area contributed by atoms with Crippen LogP contribution in [-0.2, 0) is 13.1 Å². The van der Waals surface area contributed by atoms with E-state index in [-0.39, 0.29) is 0 Å². The lowest BCUT2D eigenvalue weighted by Crippen LogP contribution is -2.18. The molecule has 1 N–H and O–H groups in total. The van der Waals surface area contributed by atoms with Crippen LogP contribution in [-0.4, -0.2) is 26.8 Å². The summed E-state index contributed by atoms with van der Waals surface area (Å²) in [5.41, 5.74) is 0. The highest BCUT2D eigenvalue weighted by molar-refractivity contribution is 4.79. The van der Waals surface area contributed by atoms with Gasteiger partial charge in [0, 0.05) is 6.54 Å². The van der Waals surface area contributed by atoms with Crippen molar-refractivity contribution < 1.29 is 0 Å². The molecule has 1 aromatic heterocycles. The van der Waals surface area contributed by atoms with E-state index in [0.717, 1.165) is 31.9 Å². The minimum absolute atomic E-state index is 0.624. The maximum atomic E-state index is 3.98. The van der Waals surface area contributed by atoms with Gasteiger partial charge in [-0.2, -0.15) is 0 Å². The third kappa shape index (κ3) is 3.06. The summed E-state index contributed by atoms with van der Waals surface area (Å²) in [5.74, 6) is 1.55. The Morgan fingerprint density at radius 1 is 1.43 bits per heavy atom. The van der Waals surface area contributed by atoms with E-state index in [2.05, 4.69) is 41.6 Å². The third-order valence-corrected chi connectivity index (χ3v) is 2.32. The highest BCUT2D eigenvalue weighted by Gasteiger charge is 2.07. The van der Waals surface area contributed by atoms with Crippen LogP contribution in [0.3, 0.4) is 0 Å². The molecule has 0 aliphatic carbocycles. The van der Waals surface area contributed by atoms with Crippen LogP contribution in [0.1, 0.15) is 33.0 Å². The van der Waals surface area contributed by atoms with Crippen LogP contribution in [0.25, 0.3) is 0 Å². The summed E-state index contributed by atoms with van der Waals surface area (Å²) in [4.78, 5) is 0. The Balaban J connectivity index is 2.53. The van der Waals surface area contributed by atoms with Gasteiger partial charge in [-0.1, -0.05) is 27.2 Å². The van der Waals surface area contributed by atoms with Gasteiger partial charge in [-0.05, 0) is 22.9 Å². The Kier molecular flexibility index (Phi) is 4.52. The second kappa shape index (κ2) is 5.70. The minimum Gasteiger partial charge on any atom is -0.310 e. The monoisotopic (exact) mass is 197 g/mol. The van der Waals surface area contributed by atoms with Crippen molar-refractivity contribution in [2.24, 2.45) is 5.92 Å². The van der Waals surface area contributed by atoms with Crippen molar-refractivity contribution in [1.29, 1.82) is 0 Å². The molecule has 0 fully saturated rings. The summed E-state index contributed by atoms with van der Waals surface area (Å²) in [6.07, 6.45) is 1.15. The summed E-state index contributed by atoms with van der Waals surface area (Å²) in [6, 6.07) is 0. The average Bonchev–Trinajstić information content (AvgIpc) is 2.62. The summed E-state index contributed by atoms with van der Waals surface area (Å²) < 4.78 is 1.89. The van der Waals surface area contributed by atoms with E-state index in [1.54, 1.807) is 0 Å². The minimum atomic E-state index is 0.624. The van der Waals surface area contributed by atoms with Crippen LogP contribution in [0, 0.1) is 5.92 Å². The summed E-state index contributed by atoms with van der Waals surface area (Å²) in [7, 11) is 0. The molecule has 80 valence electrons. The molecule has 1 rings (SSSR count). The van der Waals surface area contributed by atoms with E-state index >= 15 is 0 Å². The molecule has 5 heteroatoms. The first-order valence-electron chi connectivity index (χ1n) is 5.23. The van der Waals surface area contributed by atoms with Crippen LogP contribution < -0.4 is 5.32 Å². The van der Waals surface area contributed by atoms with E-state index in [9.17, 15) is 0 Å². The van der Waals surface area contributed by atoms with Crippen molar-refractivity contribution in [3.63, 3.8) is 0 Å². The Hall–Kier alpha value is -0.970. The molecule has 5 nitrogen and oxygen atoms in total. The van der Waals surface area contributed by atoms with Crippen molar-refractivity contribution in [2.45, 2.75) is 40.3 Å². The molecular weight excluding hydrogens is 178 g/mol. The van der Waals surface area contributed by atoms with E-state index in [4.69, 9.17) is 0 Å². The number of hydrogen-bond acceptors (Lipinski definition) is 4. The number of rotatable bonds is 6. The standard InChI is InChI=1S/C9H19N5/c1-4-8(3)7-14-9(6-10-5-2)11-12-13-14/h8,10H,4-7H2,1-3H3. The molecule has 0 amide bonds. The zero-order valence-corrected chi connectivity index (χ0v) is 9.19. The summed E-state index contributed by atoms with van der Waals surface area (Å²) in [5, 5.41) is 14.9. The zero-order chi connectivity index (χ0) is 10.4. The van der Waals surface area contributed by atoms with E-state index in [0.29, 0.717) is 5.92 Å². The molecule has 1 atom stereocenters. The summed E-state index contributed by atoms with van der Waals surface area (Å²) in [6.45, 7) is 9.06. The van der Waals surface area contributed by atoms with Gasteiger partial charge in [0.1, 0.15) is 0 Å². The summed E-state index contributed by atoms with van der Waals surface area (Å²) >= 11 is 0. The first-order chi connectivity index (χ1) is 6.77. The molecule has 0 radical (unpaired) electrons. The Labute approximate surface area is 84.9 Å². The lowest BCUT2D eigenvalue weighted by molar-refractivity contribution is 0.417. The van der Waals surface area contributed by atoms with Crippen LogP contribution in [0.15, 0.2) is 0 Å². The Morgan fingerprint density at radius 3 is 2.86 bits per heavy atom. The van der Waals surface area contributed by atoms with E-state index in [1.807, 2.05) is 4.68 Å². The highest BCUT2D eigenvalue weighted by Crippen LogP contribution is 2.04. The van der Waals surface area contributed by atoms with Gasteiger partial charge in [-0.3, -0.25) is 0 Å². The molecule has 0 saturated heterocycles. The van der Waals surface area contributed by atoms with Gasteiger partial charge in [0.2, 0.25) is 0 Å². The Bertz CT molecular complexity index is 257. The van der Waals surface area contributed by atoms with Crippen LogP contribution in [0.4, 0.5) is 0 Å². The van der Waals surface area contributed by atoms with Crippen molar-refractivity contribution in [2.75, 3.05) is 6.54 Å². The van der Waals surface area contributed by atoms with Crippen LogP contribution >= 0.6 is 0 Å². The van der Waals surface area contributed by atoms with Crippen molar-refractivity contribution in [3.8, 4) is 0 Å². The van der Waals surface area contributed by atoms with Gasteiger partial charge in [-0.25, -0.2) is 4.68 Å². The zero-order valence-electron chi connectivity index (χ0n) is 9.19. The van der Waals surface area contributed by atoms with Crippen LogP contribution in [0.2, 0.25) is 0 Å². The number of aromatic nitrogens is 4. The Morgan fingerprint density at radius 2 is 2.21 bits per heavy atom. The first-order valence-corrected chi connectivity index (χ1v) is 5.23. The molecule has 0 aromatic carbocycles. The maximum Gasteiger partial charge on any atom is 0.165 e. The fraction of sp³-hybridized carbons (Fsp3) is 0.889. The van der Waals surface area contributed by atoms with Gasteiger partial charge < -0.3 is 5.32 Å². The van der Waals surface area contributed by atoms with E-state index in [1.165, 1.54) is 0 Å². The number of hydrogen-bond donors (Lipinski definition) is 1. The fourth-order valence-corrected chi connectivity index (χ4v) is 1.15. The lowest BCUT2D eigenvalue weighted by atomic mass is 10.1. The quantitative estimate of drug-likeness (QED) is 0.734. The number of nitrogens with one attached hydrogen (secondary N) is 1. The predicted octanol–water partition coefficient (Wildman–Crippen LogP) is 0.829. The average molecular weight is 197 g/mol. The second-order valence-electron chi connectivity index (χ2n) is 3.57. The molecular formula is C9H19N5. The van der Waals surface area contributed by atoms with Gasteiger partial charge >= 0.3 is 0 Å². The third-order valence-electron chi connectivity index (χ3n) is 2.32. The molecule has 0 aliphatic heterocycles. The molecule has 1 aromatic rings. The molecule has 0 aliphatic rings. The SMILES string of the molecule is CCNCc1nnnn1CC(C)CC. The van der Waals surface area contributed by atoms with Crippen molar-refractivity contribution >= 4 is 0 Å². The molecule has 0 spiro atoms.